The van der Waals surface area contributed by atoms with E-state index in [4.69, 9.17) is 18.9 Å². The summed E-state index contributed by atoms with van der Waals surface area (Å²) < 4.78 is 21.5. The molecule has 2 aromatic rings. The molecule has 0 bridgehead atoms. The lowest BCUT2D eigenvalue weighted by molar-refractivity contribution is 0.326. The molecule has 0 amide bonds. The van der Waals surface area contributed by atoms with Crippen LogP contribution in [0, 0.1) is 0 Å². The van der Waals surface area contributed by atoms with E-state index in [2.05, 4.69) is 0 Å². The third-order valence-corrected chi connectivity index (χ3v) is 2.85. The molecule has 0 aliphatic rings. The zero-order valence-corrected chi connectivity index (χ0v) is 10.9. The molecular formula is C14H16O4. The SMILES string of the molecule is COc1cc2cccc(OC)c2c(OC)c1OC. The van der Waals surface area contributed by atoms with E-state index in [1.54, 1.807) is 28.4 Å². The summed E-state index contributed by atoms with van der Waals surface area (Å²) >= 11 is 0. The third-order valence-electron chi connectivity index (χ3n) is 2.85. The van der Waals surface area contributed by atoms with Crippen molar-refractivity contribution in [2.24, 2.45) is 0 Å². The molecule has 2 aromatic carbocycles. The quantitative estimate of drug-likeness (QED) is 0.833. The van der Waals surface area contributed by atoms with Gasteiger partial charge in [-0.3, -0.25) is 0 Å². The zero-order chi connectivity index (χ0) is 13.1. The summed E-state index contributed by atoms with van der Waals surface area (Å²) in [6.07, 6.45) is 0. The van der Waals surface area contributed by atoms with E-state index in [1.165, 1.54) is 0 Å². The van der Waals surface area contributed by atoms with Gasteiger partial charge in [-0.25, -0.2) is 0 Å². The first-order chi connectivity index (χ1) is 8.76. The fraction of sp³-hybridized carbons (Fsp3) is 0.286. The number of methoxy groups -OCH3 is 4. The van der Waals surface area contributed by atoms with Crippen LogP contribution < -0.4 is 18.9 Å². The van der Waals surface area contributed by atoms with Gasteiger partial charge in [-0.1, -0.05) is 12.1 Å². The lowest BCUT2D eigenvalue weighted by atomic mass is 10.1. The van der Waals surface area contributed by atoms with E-state index in [0.717, 1.165) is 16.5 Å². The summed E-state index contributed by atoms with van der Waals surface area (Å²) in [5.74, 6) is 2.56. The van der Waals surface area contributed by atoms with E-state index < -0.39 is 0 Å². The molecule has 0 aliphatic heterocycles. The first kappa shape index (κ1) is 12.4. The maximum absolute atomic E-state index is 5.45. The van der Waals surface area contributed by atoms with Crippen molar-refractivity contribution in [2.45, 2.75) is 0 Å². The average molecular weight is 248 g/mol. The van der Waals surface area contributed by atoms with Gasteiger partial charge in [-0.15, -0.1) is 0 Å². The summed E-state index contributed by atoms with van der Waals surface area (Å²) in [6, 6.07) is 7.69. The van der Waals surface area contributed by atoms with Gasteiger partial charge in [0.25, 0.3) is 0 Å². The van der Waals surface area contributed by atoms with Crippen LogP contribution in [0.15, 0.2) is 24.3 Å². The Kier molecular flexibility index (Phi) is 3.46. The van der Waals surface area contributed by atoms with Gasteiger partial charge >= 0.3 is 0 Å². The van der Waals surface area contributed by atoms with E-state index in [0.29, 0.717) is 17.2 Å². The van der Waals surface area contributed by atoms with Crippen molar-refractivity contribution in [3.63, 3.8) is 0 Å². The molecule has 96 valence electrons. The van der Waals surface area contributed by atoms with Crippen LogP contribution in [0.5, 0.6) is 23.0 Å². The molecule has 0 radical (unpaired) electrons. The van der Waals surface area contributed by atoms with Gasteiger partial charge < -0.3 is 18.9 Å². The van der Waals surface area contributed by atoms with Crippen molar-refractivity contribution in [2.75, 3.05) is 28.4 Å². The highest BCUT2D eigenvalue weighted by Crippen LogP contribution is 2.46. The third kappa shape index (κ3) is 1.79. The Labute approximate surface area is 106 Å². The Hall–Kier alpha value is -2.10. The van der Waals surface area contributed by atoms with Crippen LogP contribution in [0.2, 0.25) is 0 Å². The minimum atomic E-state index is 0.567. The van der Waals surface area contributed by atoms with Crippen LogP contribution in [0.4, 0.5) is 0 Å². The molecular weight excluding hydrogens is 232 g/mol. The molecule has 0 unspecified atom stereocenters. The number of ether oxygens (including phenoxy) is 4. The van der Waals surface area contributed by atoms with Crippen LogP contribution in [-0.2, 0) is 0 Å². The molecule has 0 heterocycles. The molecule has 4 heteroatoms. The smallest absolute Gasteiger partial charge is 0.204 e. The average Bonchev–Trinajstić information content (AvgIpc) is 2.43. The Morgan fingerprint density at radius 3 is 1.94 bits per heavy atom. The van der Waals surface area contributed by atoms with Crippen LogP contribution in [-0.4, -0.2) is 28.4 Å². The first-order valence-corrected chi connectivity index (χ1v) is 5.52. The standard InChI is InChI=1S/C14H16O4/c1-15-10-7-5-6-9-8-11(16-2)13(17-3)14(18-4)12(9)10/h5-8H,1-4H3. The monoisotopic (exact) mass is 248 g/mol. The van der Waals surface area contributed by atoms with Gasteiger partial charge in [0.15, 0.2) is 11.5 Å². The lowest BCUT2D eigenvalue weighted by Crippen LogP contribution is -1.97. The van der Waals surface area contributed by atoms with Gasteiger partial charge in [0.1, 0.15) is 5.75 Å². The van der Waals surface area contributed by atoms with Gasteiger partial charge in [0.2, 0.25) is 5.75 Å². The minimum Gasteiger partial charge on any atom is -0.496 e. The number of hydrogen-bond donors (Lipinski definition) is 0. The second-order valence-corrected chi connectivity index (χ2v) is 3.70. The predicted octanol–water partition coefficient (Wildman–Crippen LogP) is 2.87. The summed E-state index contributed by atoms with van der Waals surface area (Å²) in [6.45, 7) is 0. The van der Waals surface area contributed by atoms with Crippen LogP contribution >= 0.6 is 0 Å². The first-order valence-electron chi connectivity index (χ1n) is 5.52. The summed E-state index contributed by atoms with van der Waals surface area (Å²) in [5, 5.41) is 1.85. The fourth-order valence-corrected chi connectivity index (χ4v) is 2.05. The van der Waals surface area contributed by atoms with Crippen LogP contribution in [0.1, 0.15) is 0 Å². The molecule has 0 saturated carbocycles. The van der Waals surface area contributed by atoms with E-state index in [1.807, 2.05) is 24.3 Å². The molecule has 2 rings (SSSR count). The highest BCUT2D eigenvalue weighted by atomic mass is 16.5. The van der Waals surface area contributed by atoms with Crippen molar-refractivity contribution in [3.05, 3.63) is 24.3 Å². The predicted molar refractivity (Wildman–Crippen MR) is 70.2 cm³/mol. The van der Waals surface area contributed by atoms with Gasteiger partial charge in [-0.05, 0) is 17.5 Å². The highest BCUT2D eigenvalue weighted by molar-refractivity contribution is 5.97. The van der Waals surface area contributed by atoms with Gasteiger partial charge in [0.05, 0.1) is 33.8 Å². The van der Waals surface area contributed by atoms with Crippen molar-refractivity contribution in [3.8, 4) is 23.0 Å². The van der Waals surface area contributed by atoms with Crippen molar-refractivity contribution >= 4 is 10.8 Å². The highest BCUT2D eigenvalue weighted by Gasteiger charge is 2.18. The Morgan fingerprint density at radius 2 is 1.39 bits per heavy atom. The minimum absolute atomic E-state index is 0.567. The van der Waals surface area contributed by atoms with Gasteiger partial charge in [-0.2, -0.15) is 0 Å². The van der Waals surface area contributed by atoms with Crippen molar-refractivity contribution in [1.82, 2.24) is 0 Å². The van der Waals surface area contributed by atoms with Gasteiger partial charge in [0, 0.05) is 0 Å². The molecule has 4 nitrogen and oxygen atoms in total. The van der Waals surface area contributed by atoms with Crippen molar-refractivity contribution in [1.29, 1.82) is 0 Å². The maximum atomic E-state index is 5.45. The largest absolute Gasteiger partial charge is 0.496 e. The summed E-state index contributed by atoms with van der Waals surface area (Å²) in [4.78, 5) is 0. The molecule has 0 atom stereocenters. The zero-order valence-electron chi connectivity index (χ0n) is 10.9. The molecule has 0 spiro atoms. The van der Waals surface area contributed by atoms with Crippen LogP contribution in [0.3, 0.4) is 0 Å². The molecule has 0 fully saturated rings. The fourth-order valence-electron chi connectivity index (χ4n) is 2.05. The van der Waals surface area contributed by atoms with E-state index in [-0.39, 0.29) is 0 Å². The number of fused-ring (bicyclic) bond motifs is 1. The molecule has 0 aliphatic carbocycles. The number of hydrogen-bond acceptors (Lipinski definition) is 4. The molecule has 0 N–H and O–H groups in total. The Balaban J connectivity index is 2.88. The number of rotatable bonds is 4. The molecule has 18 heavy (non-hydrogen) atoms. The summed E-state index contributed by atoms with van der Waals surface area (Å²) in [5.41, 5.74) is 0. The Morgan fingerprint density at radius 1 is 0.722 bits per heavy atom. The second kappa shape index (κ2) is 5.04. The van der Waals surface area contributed by atoms with E-state index in [9.17, 15) is 0 Å². The molecule has 0 saturated heterocycles. The second-order valence-electron chi connectivity index (χ2n) is 3.70. The maximum Gasteiger partial charge on any atom is 0.204 e. The lowest BCUT2D eigenvalue weighted by Gasteiger charge is -2.16. The molecule has 0 aromatic heterocycles. The van der Waals surface area contributed by atoms with Crippen LogP contribution in [0.25, 0.3) is 10.8 Å². The van der Waals surface area contributed by atoms with Crippen molar-refractivity contribution < 1.29 is 18.9 Å². The topological polar surface area (TPSA) is 36.9 Å². The number of benzene rings is 2. The van der Waals surface area contributed by atoms with E-state index >= 15 is 0 Å². The Bertz CT molecular complexity index is 563. The summed E-state index contributed by atoms with van der Waals surface area (Å²) in [7, 11) is 6.42. The normalized spacial score (nSPS) is 10.2.